The predicted octanol–water partition coefficient (Wildman–Crippen LogP) is 3.74. The summed E-state index contributed by atoms with van der Waals surface area (Å²) in [5.41, 5.74) is 9.78. The first-order chi connectivity index (χ1) is 10.8. The summed E-state index contributed by atoms with van der Waals surface area (Å²) in [6, 6.07) is 3.39. The minimum atomic E-state index is -0.722. The van der Waals surface area contributed by atoms with E-state index in [-0.39, 0.29) is 11.2 Å². The average molecular weight is 317 g/mol. The molecule has 0 aromatic heterocycles. The number of urea groups is 1. The zero-order valence-corrected chi connectivity index (χ0v) is 14.2. The Bertz CT molecular complexity index is 597. The van der Waals surface area contributed by atoms with Crippen LogP contribution < -0.4 is 11.2 Å². The van der Waals surface area contributed by atoms with Gasteiger partial charge in [-0.3, -0.25) is 0 Å². The summed E-state index contributed by atoms with van der Waals surface area (Å²) in [4.78, 5) is 10.7. The SMILES string of the molecule is CC(C)(C)c1cc(C2CCCCC2)cc(/C=N\NC(N)=O)c1O. The number of hydrogen-bond acceptors (Lipinski definition) is 3. The van der Waals surface area contributed by atoms with Crippen LogP contribution in [-0.2, 0) is 5.41 Å². The Kier molecular flexibility index (Phi) is 5.29. The van der Waals surface area contributed by atoms with Gasteiger partial charge in [-0.25, -0.2) is 10.2 Å². The molecule has 0 aliphatic heterocycles. The van der Waals surface area contributed by atoms with Crippen molar-refractivity contribution >= 4 is 12.2 Å². The molecule has 2 amide bonds. The molecule has 1 saturated carbocycles. The van der Waals surface area contributed by atoms with E-state index >= 15 is 0 Å². The third-order valence-electron chi connectivity index (χ3n) is 4.42. The minimum absolute atomic E-state index is 0.172. The summed E-state index contributed by atoms with van der Waals surface area (Å²) in [5.74, 6) is 0.744. The fraction of sp³-hybridized carbons (Fsp3) is 0.556. The van der Waals surface area contributed by atoms with E-state index in [1.165, 1.54) is 43.9 Å². The van der Waals surface area contributed by atoms with Gasteiger partial charge < -0.3 is 10.8 Å². The van der Waals surface area contributed by atoms with Crippen LogP contribution in [0.2, 0.25) is 0 Å². The summed E-state index contributed by atoms with van der Waals surface area (Å²) < 4.78 is 0. The topological polar surface area (TPSA) is 87.7 Å². The van der Waals surface area contributed by atoms with Crippen molar-refractivity contribution in [2.45, 2.75) is 64.2 Å². The number of hydrogen-bond donors (Lipinski definition) is 3. The molecule has 0 heterocycles. The maximum Gasteiger partial charge on any atom is 0.332 e. The van der Waals surface area contributed by atoms with E-state index in [0.717, 1.165) is 5.56 Å². The van der Waals surface area contributed by atoms with Crippen LogP contribution in [0.3, 0.4) is 0 Å². The van der Waals surface area contributed by atoms with Crippen molar-refractivity contribution in [1.82, 2.24) is 5.43 Å². The lowest BCUT2D eigenvalue weighted by Gasteiger charge is -2.27. The van der Waals surface area contributed by atoms with Crippen molar-refractivity contribution in [1.29, 1.82) is 0 Å². The van der Waals surface area contributed by atoms with Crippen molar-refractivity contribution < 1.29 is 9.90 Å². The number of primary amides is 1. The molecular formula is C18H27N3O2. The highest BCUT2D eigenvalue weighted by Gasteiger charge is 2.24. The molecule has 5 nitrogen and oxygen atoms in total. The Hall–Kier alpha value is -2.04. The number of phenols is 1. The van der Waals surface area contributed by atoms with E-state index in [1.54, 1.807) is 0 Å². The van der Waals surface area contributed by atoms with E-state index in [2.05, 4.69) is 37.4 Å². The summed E-state index contributed by atoms with van der Waals surface area (Å²) in [7, 11) is 0. The normalized spacial score (nSPS) is 16.7. The first kappa shape index (κ1) is 17.3. The lowest BCUT2D eigenvalue weighted by molar-refractivity contribution is 0.249. The number of nitrogens with one attached hydrogen (secondary N) is 1. The van der Waals surface area contributed by atoms with Crippen molar-refractivity contribution in [3.8, 4) is 5.75 Å². The summed E-state index contributed by atoms with van der Waals surface area (Å²) in [6.07, 6.45) is 7.64. The largest absolute Gasteiger partial charge is 0.507 e. The molecule has 0 radical (unpaired) electrons. The molecule has 5 heteroatoms. The maximum atomic E-state index is 10.7. The smallest absolute Gasteiger partial charge is 0.332 e. The number of carbonyl (C=O) groups excluding carboxylic acids is 1. The number of hydrazone groups is 1. The van der Waals surface area contributed by atoms with Crippen LogP contribution in [0, 0.1) is 0 Å². The number of benzene rings is 1. The van der Waals surface area contributed by atoms with Crippen LogP contribution >= 0.6 is 0 Å². The first-order valence-electron chi connectivity index (χ1n) is 8.25. The maximum absolute atomic E-state index is 10.7. The Morgan fingerprint density at radius 3 is 2.52 bits per heavy atom. The Morgan fingerprint density at radius 1 is 1.30 bits per heavy atom. The van der Waals surface area contributed by atoms with Gasteiger partial charge in [-0.05, 0) is 35.8 Å². The number of carbonyl (C=O) groups is 1. The predicted molar refractivity (Wildman–Crippen MR) is 92.9 cm³/mol. The van der Waals surface area contributed by atoms with Crippen LogP contribution in [0.15, 0.2) is 17.2 Å². The fourth-order valence-corrected chi connectivity index (χ4v) is 3.19. The van der Waals surface area contributed by atoms with Gasteiger partial charge in [0.2, 0.25) is 0 Å². The van der Waals surface area contributed by atoms with E-state index in [4.69, 9.17) is 5.73 Å². The van der Waals surface area contributed by atoms with Gasteiger partial charge in [0.15, 0.2) is 0 Å². The quantitative estimate of drug-likeness (QED) is 0.586. The number of aromatic hydroxyl groups is 1. The van der Waals surface area contributed by atoms with E-state index in [1.807, 2.05) is 6.07 Å². The van der Waals surface area contributed by atoms with Gasteiger partial charge in [0, 0.05) is 11.1 Å². The second-order valence-corrected chi connectivity index (χ2v) is 7.33. The lowest BCUT2D eigenvalue weighted by atomic mass is 9.79. The highest BCUT2D eigenvalue weighted by Crippen LogP contribution is 2.39. The van der Waals surface area contributed by atoms with Crippen LogP contribution in [0.4, 0.5) is 4.79 Å². The summed E-state index contributed by atoms with van der Waals surface area (Å²) in [5, 5.41) is 14.4. The molecule has 0 bridgehead atoms. The molecule has 1 aromatic rings. The molecular weight excluding hydrogens is 290 g/mol. The van der Waals surface area contributed by atoms with Crippen molar-refractivity contribution in [3.05, 3.63) is 28.8 Å². The van der Waals surface area contributed by atoms with Gasteiger partial charge >= 0.3 is 6.03 Å². The van der Waals surface area contributed by atoms with E-state index in [0.29, 0.717) is 11.5 Å². The average Bonchev–Trinajstić information content (AvgIpc) is 2.48. The molecule has 0 unspecified atom stereocenters. The molecule has 0 saturated heterocycles. The Labute approximate surface area is 138 Å². The van der Waals surface area contributed by atoms with E-state index < -0.39 is 6.03 Å². The van der Waals surface area contributed by atoms with Gasteiger partial charge in [0.25, 0.3) is 0 Å². The molecule has 1 aliphatic rings. The van der Waals surface area contributed by atoms with Crippen LogP contribution in [0.1, 0.15) is 75.5 Å². The molecule has 23 heavy (non-hydrogen) atoms. The minimum Gasteiger partial charge on any atom is -0.507 e. The molecule has 0 spiro atoms. The third kappa shape index (κ3) is 4.47. The number of amides is 2. The van der Waals surface area contributed by atoms with Crippen molar-refractivity contribution in [2.75, 3.05) is 0 Å². The number of phenolic OH excluding ortho intramolecular Hbond substituents is 1. The number of rotatable bonds is 3. The highest BCUT2D eigenvalue weighted by atomic mass is 16.3. The summed E-state index contributed by atoms with van der Waals surface area (Å²) in [6.45, 7) is 6.24. The van der Waals surface area contributed by atoms with E-state index in [9.17, 15) is 9.90 Å². The fourth-order valence-electron chi connectivity index (χ4n) is 3.19. The Morgan fingerprint density at radius 2 is 1.96 bits per heavy atom. The second-order valence-electron chi connectivity index (χ2n) is 7.33. The number of nitrogens with two attached hydrogens (primary N) is 1. The second kappa shape index (κ2) is 7.02. The molecule has 1 aromatic carbocycles. The van der Waals surface area contributed by atoms with Crippen LogP contribution in [-0.4, -0.2) is 17.4 Å². The van der Waals surface area contributed by atoms with Gasteiger partial charge in [-0.15, -0.1) is 0 Å². The van der Waals surface area contributed by atoms with Crippen molar-refractivity contribution in [3.63, 3.8) is 0 Å². The van der Waals surface area contributed by atoms with Crippen LogP contribution in [0.25, 0.3) is 0 Å². The summed E-state index contributed by atoms with van der Waals surface area (Å²) >= 11 is 0. The molecule has 2 rings (SSSR count). The van der Waals surface area contributed by atoms with Gasteiger partial charge in [-0.1, -0.05) is 46.1 Å². The zero-order valence-electron chi connectivity index (χ0n) is 14.2. The molecule has 1 fully saturated rings. The monoisotopic (exact) mass is 317 g/mol. The van der Waals surface area contributed by atoms with Crippen LogP contribution in [0.5, 0.6) is 5.75 Å². The van der Waals surface area contributed by atoms with Gasteiger partial charge in [0.1, 0.15) is 5.75 Å². The molecule has 4 N–H and O–H groups in total. The van der Waals surface area contributed by atoms with Gasteiger partial charge in [0.05, 0.1) is 6.21 Å². The Balaban J connectivity index is 2.42. The molecule has 0 atom stereocenters. The molecule has 1 aliphatic carbocycles. The lowest BCUT2D eigenvalue weighted by Crippen LogP contribution is -2.24. The molecule has 126 valence electrons. The first-order valence-corrected chi connectivity index (χ1v) is 8.25. The van der Waals surface area contributed by atoms with Gasteiger partial charge in [-0.2, -0.15) is 5.10 Å². The highest BCUT2D eigenvalue weighted by molar-refractivity contribution is 5.86. The number of nitrogens with zero attached hydrogens (tertiary/aromatic N) is 1. The standard InChI is InChI=1S/C18H27N3O2/c1-18(2,3)15-10-13(12-7-5-4-6-8-12)9-14(16(15)22)11-20-21-17(19)23/h9-12,22H,4-8H2,1-3H3,(H3,19,21,23)/b20-11-. The third-order valence-corrected chi connectivity index (χ3v) is 4.42. The van der Waals surface area contributed by atoms with Crippen molar-refractivity contribution in [2.24, 2.45) is 10.8 Å². The zero-order chi connectivity index (χ0) is 17.0.